The number of aromatic nitrogens is 2. The Morgan fingerprint density at radius 3 is 3.04 bits per heavy atom. The summed E-state index contributed by atoms with van der Waals surface area (Å²) in [5.41, 5.74) is 1.33. The second-order valence-electron chi connectivity index (χ2n) is 6.39. The molecule has 0 bridgehead atoms. The third-order valence-electron chi connectivity index (χ3n) is 4.62. The molecule has 5 heteroatoms. The zero-order valence-corrected chi connectivity index (χ0v) is 14.6. The Balaban J connectivity index is 1.60. The molecule has 0 radical (unpaired) electrons. The number of thiophene rings is 1. The van der Waals surface area contributed by atoms with Gasteiger partial charge in [0.25, 0.3) is 0 Å². The zero-order valence-electron chi connectivity index (χ0n) is 13.8. The summed E-state index contributed by atoms with van der Waals surface area (Å²) in [6, 6.07) is 8.40. The van der Waals surface area contributed by atoms with Gasteiger partial charge in [0.2, 0.25) is 0 Å². The van der Waals surface area contributed by atoms with Crippen LogP contribution >= 0.6 is 11.3 Å². The van der Waals surface area contributed by atoms with Gasteiger partial charge in [0, 0.05) is 36.2 Å². The van der Waals surface area contributed by atoms with Crippen molar-refractivity contribution in [1.29, 1.82) is 0 Å². The Labute approximate surface area is 142 Å². The maximum Gasteiger partial charge on any atom is 0.0771 e. The van der Waals surface area contributed by atoms with Crippen LogP contribution in [0.3, 0.4) is 0 Å². The van der Waals surface area contributed by atoms with Gasteiger partial charge < -0.3 is 4.74 Å². The summed E-state index contributed by atoms with van der Waals surface area (Å²) in [6.07, 6.45) is 5.29. The molecule has 3 rings (SSSR count). The Hall–Kier alpha value is -1.30. The Morgan fingerprint density at radius 1 is 1.35 bits per heavy atom. The molecule has 1 saturated heterocycles. The van der Waals surface area contributed by atoms with Gasteiger partial charge in [-0.25, -0.2) is 0 Å². The van der Waals surface area contributed by atoms with Gasteiger partial charge in [0.05, 0.1) is 12.3 Å². The number of likely N-dealkylation sites (tertiary alicyclic amines) is 1. The molecule has 2 aromatic heterocycles. The Kier molecular flexibility index (Phi) is 5.75. The number of ether oxygens (including phenoxy) is 1. The molecule has 0 saturated carbocycles. The summed E-state index contributed by atoms with van der Waals surface area (Å²) in [4.78, 5) is 3.98. The summed E-state index contributed by atoms with van der Waals surface area (Å²) < 4.78 is 5.84. The second kappa shape index (κ2) is 7.99. The van der Waals surface area contributed by atoms with Crippen molar-refractivity contribution in [2.45, 2.75) is 32.7 Å². The van der Waals surface area contributed by atoms with E-state index in [0.717, 1.165) is 45.0 Å². The molecule has 3 heterocycles. The number of hydrogen-bond donors (Lipinski definition) is 0. The van der Waals surface area contributed by atoms with Gasteiger partial charge in [-0.05, 0) is 56.3 Å². The molecule has 0 N–H and O–H groups in total. The molecule has 124 valence electrons. The fourth-order valence-corrected chi connectivity index (χ4v) is 4.07. The van der Waals surface area contributed by atoms with Crippen molar-refractivity contribution in [2.75, 3.05) is 26.3 Å². The molecular weight excluding hydrogens is 306 g/mol. The first-order valence-corrected chi connectivity index (χ1v) is 9.27. The van der Waals surface area contributed by atoms with E-state index in [2.05, 4.69) is 45.6 Å². The van der Waals surface area contributed by atoms with Crippen LogP contribution in [0.15, 0.2) is 35.8 Å². The van der Waals surface area contributed by atoms with Crippen LogP contribution in [0.1, 0.15) is 30.3 Å². The summed E-state index contributed by atoms with van der Waals surface area (Å²) in [5.74, 6) is 0. The van der Waals surface area contributed by atoms with Crippen LogP contribution < -0.4 is 0 Å². The standard InChI is InChI=1S/C18H25N3OS/c1-2-22-15-18(8-7-17-6-4-12-23-17)9-11-21(14-18)13-16-5-3-10-19-20-16/h3-6,10,12H,2,7-9,11,13-15H2,1H3/t18-/m1/s1. The minimum absolute atomic E-state index is 0.280. The van der Waals surface area contributed by atoms with Crippen molar-refractivity contribution in [3.05, 3.63) is 46.4 Å². The van der Waals surface area contributed by atoms with Gasteiger partial charge in [-0.1, -0.05) is 6.07 Å². The first-order chi connectivity index (χ1) is 11.3. The summed E-state index contributed by atoms with van der Waals surface area (Å²) in [6.45, 7) is 6.85. The minimum atomic E-state index is 0.280. The third-order valence-corrected chi connectivity index (χ3v) is 5.56. The molecule has 2 aromatic rings. The lowest BCUT2D eigenvalue weighted by Crippen LogP contribution is -2.32. The maximum atomic E-state index is 5.84. The molecule has 0 unspecified atom stereocenters. The lowest BCUT2D eigenvalue weighted by molar-refractivity contribution is 0.0489. The van der Waals surface area contributed by atoms with Crippen LogP contribution in [-0.4, -0.2) is 41.4 Å². The molecule has 4 nitrogen and oxygen atoms in total. The Morgan fingerprint density at radius 2 is 2.30 bits per heavy atom. The molecule has 0 aromatic carbocycles. The monoisotopic (exact) mass is 331 g/mol. The first kappa shape index (κ1) is 16.6. The van der Waals surface area contributed by atoms with Crippen molar-refractivity contribution >= 4 is 11.3 Å². The number of nitrogens with zero attached hydrogens (tertiary/aromatic N) is 3. The van der Waals surface area contributed by atoms with Gasteiger partial charge in [-0.15, -0.1) is 11.3 Å². The van der Waals surface area contributed by atoms with E-state index < -0.39 is 0 Å². The van der Waals surface area contributed by atoms with E-state index in [1.165, 1.54) is 17.7 Å². The predicted octanol–water partition coefficient (Wildman–Crippen LogP) is 3.40. The van der Waals surface area contributed by atoms with E-state index in [9.17, 15) is 0 Å². The SMILES string of the molecule is CCOC[C@]1(CCc2cccs2)CCN(Cc2cccnn2)C1. The van der Waals surface area contributed by atoms with Gasteiger partial charge in [0.1, 0.15) is 0 Å². The highest BCUT2D eigenvalue weighted by Gasteiger charge is 2.38. The fourth-order valence-electron chi connectivity index (χ4n) is 3.37. The third kappa shape index (κ3) is 4.59. The molecule has 1 aliphatic heterocycles. The lowest BCUT2D eigenvalue weighted by Gasteiger charge is -2.29. The summed E-state index contributed by atoms with van der Waals surface area (Å²) in [7, 11) is 0. The van der Waals surface area contributed by atoms with Gasteiger partial charge in [-0.2, -0.15) is 10.2 Å². The molecule has 0 amide bonds. The van der Waals surface area contributed by atoms with Crippen molar-refractivity contribution < 1.29 is 4.74 Å². The van der Waals surface area contributed by atoms with Crippen LogP contribution in [-0.2, 0) is 17.7 Å². The van der Waals surface area contributed by atoms with Crippen LogP contribution in [0.25, 0.3) is 0 Å². The first-order valence-electron chi connectivity index (χ1n) is 8.39. The van der Waals surface area contributed by atoms with Crippen LogP contribution in [0.4, 0.5) is 0 Å². The predicted molar refractivity (Wildman–Crippen MR) is 93.5 cm³/mol. The molecule has 1 fully saturated rings. The molecule has 0 aliphatic carbocycles. The second-order valence-corrected chi connectivity index (χ2v) is 7.42. The number of rotatable bonds is 8. The number of aryl methyl sites for hydroxylation is 1. The number of hydrogen-bond acceptors (Lipinski definition) is 5. The summed E-state index contributed by atoms with van der Waals surface area (Å²) in [5, 5.41) is 10.4. The topological polar surface area (TPSA) is 38.2 Å². The van der Waals surface area contributed by atoms with E-state index in [1.807, 2.05) is 17.4 Å². The molecular formula is C18H25N3OS. The quantitative estimate of drug-likeness (QED) is 0.743. The van der Waals surface area contributed by atoms with Crippen molar-refractivity contribution in [2.24, 2.45) is 5.41 Å². The van der Waals surface area contributed by atoms with Crippen molar-refractivity contribution in [3.63, 3.8) is 0 Å². The van der Waals surface area contributed by atoms with Crippen molar-refractivity contribution in [3.8, 4) is 0 Å². The minimum Gasteiger partial charge on any atom is -0.381 e. The average molecular weight is 331 g/mol. The largest absolute Gasteiger partial charge is 0.381 e. The Bertz CT molecular complexity index is 575. The smallest absolute Gasteiger partial charge is 0.0771 e. The lowest BCUT2D eigenvalue weighted by atomic mass is 9.83. The molecule has 1 atom stereocenters. The summed E-state index contributed by atoms with van der Waals surface area (Å²) >= 11 is 1.86. The average Bonchev–Trinajstić information content (AvgIpc) is 3.23. The van der Waals surface area contributed by atoms with Gasteiger partial charge in [0.15, 0.2) is 0 Å². The van der Waals surface area contributed by atoms with E-state index in [1.54, 1.807) is 6.20 Å². The highest BCUT2D eigenvalue weighted by Crippen LogP contribution is 2.36. The maximum absolute atomic E-state index is 5.84. The van der Waals surface area contributed by atoms with Crippen LogP contribution in [0.5, 0.6) is 0 Å². The van der Waals surface area contributed by atoms with Crippen LogP contribution in [0, 0.1) is 5.41 Å². The van der Waals surface area contributed by atoms with Crippen molar-refractivity contribution in [1.82, 2.24) is 15.1 Å². The normalized spacial score (nSPS) is 21.8. The molecule has 0 spiro atoms. The van der Waals surface area contributed by atoms with E-state index >= 15 is 0 Å². The highest BCUT2D eigenvalue weighted by molar-refractivity contribution is 7.09. The van der Waals surface area contributed by atoms with E-state index in [4.69, 9.17) is 4.74 Å². The van der Waals surface area contributed by atoms with Gasteiger partial charge >= 0.3 is 0 Å². The van der Waals surface area contributed by atoms with E-state index in [0.29, 0.717) is 0 Å². The van der Waals surface area contributed by atoms with E-state index in [-0.39, 0.29) is 5.41 Å². The molecule has 1 aliphatic rings. The van der Waals surface area contributed by atoms with Gasteiger partial charge in [-0.3, -0.25) is 4.90 Å². The van der Waals surface area contributed by atoms with Crippen LogP contribution in [0.2, 0.25) is 0 Å². The highest BCUT2D eigenvalue weighted by atomic mass is 32.1. The fraction of sp³-hybridized carbons (Fsp3) is 0.556. The molecule has 23 heavy (non-hydrogen) atoms. The zero-order chi connectivity index (χ0) is 16.0.